The second-order valence-electron chi connectivity index (χ2n) is 5.14. The molecule has 1 aliphatic carbocycles. The van der Waals surface area contributed by atoms with E-state index in [1.807, 2.05) is 0 Å². The van der Waals surface area contributed by atoms with Crippen molar-refractivity contribution in [3.05, 3.63) is 25.3 Å². The summed E-state index contributed by atoms with van der Waals surface area (Å²) < 4.78 is 0. The van der Waals surface area contributed by atoms with E-state index in [2.05, 4.69) is 18.5 Å². The zero-order valence-corrected chi connectivity index (χ0v) is 11.2. The molecular weight excluding hydrogens is 224 g/mol. The van der Waals surface area contributed by atoms with Crippen LogP contribution >= 0.6 is 0 Å². The number of nitrogens with two attached hydrogens (primary N) is 1. The molecule has 3 N–H and O–H groups in total. The molecule has 1 fully saturated rings. The third-order valence-electron chi connectivity index (χ3n) is 3.81. The van der Waals surface area contributed by atoms with Crippen LogP contribution in [0.4, 0.5) is 0 Å². The summed E-state index contributed by atoms with van der Waals surface area (Å²) in [6.45, 7) is 8.08. The number of allylic oxidation sites excluding steroid dienone is 2. The van der Waals surface area contributed by atoms with E-state index >= 15 is 0 Å². The van der Waals surface area contributed by atoms with Gasteiger partial charge in [0.05, 0.1) is 0 Å². The molecule has 0 heterocycles. The average Bonchev–Trinajstić information content (AvgIpc) is 2.39. The van der Waals surface area contributed by atoms with Crippen molar-refractivity contribution in [3.8, 4) is 0 Å². The molecule has 0 aromatic carbocycles. The van der Waals surface area contributed by atoms with Crippen LogP contribution in [0.3, 0.4) is 0 Å². The van der Waals surface area contributed by atoms with Crippen molar-refractivity contribution in [2.45, 2.75) is 44.6 Å². The van der Waals surface area contributed by atoms with Gasteiger partial charge in [-0.1, -0.05) is 25.0 Å². The Balaban J connectivity index is 2.54. The lowest BCUT2D eigenvalue weighted by Gasteiger charge is -2.32. The van der Waals surface area contributed by atoms with Gasteiger partial charge in [-0.25, -0.2) is 0 Å². The van der Waals surface area contributed by atoms with Crippen molar-refractivity contribution in [3.63, 3.8) is 0 Å². The molecule has 0 radical (unpaired) electrons. The standard InChI is InChI=1S/C15H26N2O/c1-3-7-12(8-4-2)15(18)17-14-10-6-5-9-13(14)11-16/h3-4,12-14H,1-2,5-11,16H2,(H,17,18). The fraction of sp³-hybridized carbons (Fsp3) is 0.667. The quantitative estimate of drug-likeness (QED) is 0.682. The minimum absolute atomic E-state index is 0.0275. The molecule has 2 atom stereocenters. The van der Waals surface area contributed by atoms with Gasteiger partial charge in [0.25, 0.3) is 0 Å². The Morgan fingerprint density at radius 1 is 1.28 bits per heavy atom. The Hall–Kier alpha value is -1.09. The van der Waals surface area contributed by atoms with Crippen molar-refractivity contribution in [1.29, 1.82) is 0 Å². The molecule has 0 spiro atoms. The molecule has 102 valence electrons. The van der Waals surface area contributed by atoms with Crippen LogP contribution < -0.4 is 11.1 Å². The van der Waals surface area contributed by atoms with E-state index in [1.54, 1.807) is 12.2 Å². The molecule has 3 heteroatoms. The molecular formula is C15H26N2O. The molecule has 1 amide bonds. The Labute approximate surface area is 111 Å². The van der Waals surface area contributed by atoms with Crippen molar-refractivity contribution in [2.24, 2.45) is 17.6 Å². The summed E-state index contributed by atoms with van der Waals surface area (Å²) in [5, 5.41) is 3.18. The maximum atomic E-state index is 12.2. The molecule has 0 bridgehead atoms. The van der Waals surface area contributed by atoms with Gasteiger partial charge in [-0.2, -0.15) is 0 Å². The first-order chi connectivity index (χ1) is 8.72. The van der Waals surface area contributed by atoms with Crippen LogP contribution in [-0.4, -0.2) is 18.5 Å². The van der Waals surface area contributed by atoms with Crippen LogP contribution in [-0.2, 0) is 4.79 Å². The number of nitrogens with one attached hydrogen (secondary N) is 1. The van der Waals surface area contributed by atoms with Crippen molar-refractivity contribution in [1.82, 2.24) is 5.32 Å². The first kappa shape index (κ1) is 15.0. The number of hydrogen-bond donors (Lipinski definition) is 2. The lowest BCUT2D eigenvalue weighted by Crippen LogP contribution is -2.46. The van der Waals surface area contributed by atoms with Gasteiger partial charge >= 0.3 is 0 Å². The molecule has 18 heavy (non-hydrogen) atoms. The van der Waals surface area contributed by atoms with Crippen LogP contribution in [0.5, 0.6) is 0 Å². The lowest BCUT2D eigenvalue weighted by molar-refractivity contribution is -0.126. The topological polar surface area (TPSA) is 55.1 Å². The van der Waals surface area contributed by atoms with Crippen LogP contribution in [0, 0.1) is 11.8 Å². The van der Waals surface area contributed by atoms with E-state index in [0.717, 1.165) is 12.8 Å². The summed E-state index contributed by atoms with van der Waals surface area (Å²) in [5.74, 6) is 0.538. The number of amides is 1. The molecule has 0 saturated heterocycles. The highest BCUT2D eigenvalue weighted by Crippen LogP contribution is 2.24. The lowest BCUT2D eigenvalue weighted by atomic mass is 9.84. The van der Waals surface area contributed by atoms with E-state index in [1.165, 1.54) is 12.8 Å². The summed E-state index contributed by atoms with van der Waals surface area (Å²) in [5.41, 5.74) is 5.78. The van der Waals surface area contributed by atoms with Crippen LogP contribution in [0.2, 0.25) is 0 Å². The van der Waals surface area contributed by atoms with Crippen molar-refractivity contribution in [2.75, 3.05) is 6.54 Å². The SMILES string of the molecule is C=CCC(CC=C)C(=O)NC1CCCCC1CN. The van der Waals surface area contributed by atoms with E-state index in [9.17, 15) is 4.79 Å². The summed E-state index contributed by atoms with van der Waals surface area (Å²) in [6, 6.07) is 0.258. The fourth-order valence-electron chi connectivity index (χ4n) is 2.69. The second kappa shape index (κ2) is 8.09. The van der Waals surface area contributed by atoms with Crippen molar-refractivity contribution >= 4 is 5.91 Å². The van der Waals surface area contributed by atoms with Gasteiger partial charge in [0, 0.05) is 12.0 Å². The van der Waals surface area contributed by atoms with E-state index in [-0.39, 0.29) is 17.9 Å². The van der Waals surface area contributed by atoms with Crippen LogP contribution in [0.1, 0.15) is 38.5 Å². The highest BCUT2D eigenvalue weighted by Gasteiger charge is 2.27. The van der Waals surface area contributed by atoms with Crippen molar-refractivity contribution < 1.29 is 4.79 Å². The predicted octanol–water partition coefficient (Wildman–Crippen LogP) is 2.39. The normalized spacial score (nSPS) is 23.7. The van der Waals surface area contributed by atoms with E-state index in [0.29, 0.717) is 25.3 Å². The summed E-state index contributed by atoms with van der Waals surface area (Å²) in [4.78, 5) is 12.2. The van der Waals surface area contributed by atoms with Gasteiger partial charge in [-0.15, -0.1) is 13.2 Å². The molecule has 3 nitrogen and oxygen atoms in total. The Bertz CT molecular complexity index is 278. The highest BCUT2D eigenvalue weighted by atomic mass is 16.1. The minimum Gasteiger partial charge on any atom is -0.353 e. The van der Waals surface area contributed by atoms with Gasteiger partial charge < -0.3 is 11.1 Å². The van der Waals surface area contributed by atoms with Crippen LogP contribution in [0.15, 0.2) is 25.3 Å². The molecule has 0 aromatic rings. The van der Waals surface area contributed by atoms with Gasteiger partial charge in [-0.05, 0) is 38.1 Å². The van der Waals surface area contributed by atoms with Gasteiger partial charge in [0.15, 0.2) is 0 Å². The Morgan fingerprint density at radius 2 is 1.89 bits per heavy atom. The number of hydrogen-bond acceptors (Lipinski definition) is 2. The summed E-state index contributed by atoms with van der Waals surface area (Å²) in [6.07, 6.45) is 9.63. The largest absolute Gasteiger partial charge is 0.353 e. The third-order valence-corrected chi connectivity index (χ3v) is 3.81. The molecule has 1 rings (SSSR count). The number of carbonyl (C=O) groups is 1. The molecule has 0 aromatic heterocycles. The molecule has 0 aliphatic heterocycles. The fourth-order valence-corrected chi connectivity index (χ4v) is 2.69. The van der Waals surface area contributed by atoms with Gasteiger partial charge in [0.1, 0.15) is 0 Å². The molecule has 2 unspecified atom stereocenters. The first-order valence-electron chi connectivity index (χ1n) is 6.95. The summed E-state index contributed by atoms with van der Waals surface area (Å²) >= 11 is 0. The smallest absolute Gasteiger partial charge is 0.223 e. The average molecular weight is 250 g/mol. The monoisotopic (exact) mass is 250 g/mol. The number of rotatable bonds is 7. The Morgan fingerprint density at radius 3 is 2.44 bits per heavy atom. The minimum atomic E-state index is -0.0275. The first-order valence-corrected chi connectivity index (χ1v) is 6.95. The highest BCUT2D eigenvalue weighted by molar-refractivity contribution is 5.79. The summed E-state index contributed by atoms with van der Waals surface area (Å²) in [7, 11) is 0. The zero-order valence-electron chi connectivity index (χ0n) is 11.2. The second-order valence-corrected chi connectivity index (χ2v) is 5.14. The molecule has 1 saturated carbocycles. The predicted molar refractivity (Wildman–Crippen MR) is 76.1 cm³/mol. The third kappa shape index (κ3) is 4.30. The Kier molecular flexibility index (Phi) is 6.73. The van der Waals surface area contributed by atoms with E-state index < -0.39 is 0 Å². The van der Waals surface area contributed by atoms with Gasteiger partial charge in [0.2, 0.25) is 5.91 Å². The zero-order chi connectivity index (χ0) is 13.4. The molecule has 1 aliphatic rings. The number of carbonyl (C=O) groups excluding carboxylic acids is 1. The van der Waals surface area contributed by atoms with E-state index in [4.69, 9.17) is 5.73 Å². The maximum absolute atomic E-state index is 12.2. The van der Waals surface area contributed by atoms with Crippen LogP contribution in [0.25, 0.3) is 0 Å². The maximum Gasteiger partial charge on any atom is 0.223 e. The van der Waals surface area contributed by atoms with Gasteiger partial charge in [-0.3, -0.25) is 4.79 Å².